The number of carbonyl (C=O) groups excluding carboxylic acids is 1. The highest BCUT2D eigenvalue weighted by molar-refractivity contribution is 5.91. The molecule has 1 fully saturated rings. The van der Waals surface area contributed by atoms with E-state index in [4.69, 9.17) is 9.47 Å². The van der Waals surface area contributed by atoms with E-state index in [0.29, 0.717) is 33.5 Å². The number of nitrogens with one attached hydrogen (secondary N) is 1. The first-order valence-electron chi connectivity index (χ1n) is 11.5. The summed E-state index contributed by atoms with van der Waals surface area (Å²) in [5.41, 5.74) is 1.46. The Kier molecular flexibility index (Phi) is 5.99. The minimum Gasteiger partial charge on any atom is -0.495 e. The van der Waals surface area contributed by atoms with E-state index in [1.54, 1.807) is 55.5 Å². The van der Waals surface area contributed by atoms with Crippen LogP contribution in [0, 0.1) is 18.7 Å². The molecule has 1 heterocycles. The van der Waals surface area contributed by atoms with Gasteiger partial charge in [-0.15, -0.1) is 0 Å². The number of rotatable bonds is 6. The van der Waals surface area contributed by atoms with Crippen molar-refractivity contribution in [3.8, 4) is 17.2 Å². The molecule has 1 aliphatic rings. The Balaban J connectivity index is 1.56. The van der Waals surface area contributed by atoms with Gasteiger partial charge in [0, 0.05) is 5.39 Å². The number of hydrogen-bond donors (Lipinski definition) is 1. The highest BCUT2D eigenvalue weighted by atomic mass is 19.1. The third kappa shape index (κ3) is 4.37. The summed E-state index contributed by atoms with van der Waals surface area (Å²) in [6.45, 7) is 1.73. The maximum Gasteiger partial charge on any atom is 0.413 e. The number of aromatic nitrogens is 1. The molecule has 35 heavy (non-hydrogen) atoms. The molecule has 178 valence electrons. The molecule has 1 atom stereocenters. The van der Waals surface area contributed by atoms with E-state index in [9.17, 15) is 14.0 Å². The number of para-hydroxylation sites is 2. The summed E-state index contributed by atoms with van der Waals surface area (Å²) in [6, 6.07) is 20.1. The van der Waals surface area contributed by atoms with E-state index in [1.807, 2.05) is 12.1 Å². The molecule has 0 aliphatic heterocycles. The highest BCUT2D eigenvalue weighted by Crippen LogP contribution is 2.41. The lowest BCUT2D eigenvalue weighted by Crippen LogP contribution is -2.33. The fraction of sp³-hybridized carbons (Fsp3) is 0.214. The minimum absolute atomic E-state index is 0.227. The number of fused-ring (bicyclic) bond motifs is 1. The first kappa shape index (κ1) is 22.7. The van der Waals surface area contributed by atoms with Crippen LogP contribution in [0.3, 0.4) is 0 Å². The number of halogens is 1. The molecule has 1 aromatic heterocycles. The summed E-state index contributed by atoms with van der Waals surface area (Å²) in [6.07, 6.45) is 1.23. The Morgan fingerprint density at radius 1 is 1.03 bits per heavy atom. The molecule has 0 bridgehead atoms. The number of benzene rings is 3. The number of carbonyl (C=O) groups is 1. The number of nitrogens with zero attached hydrogens (tertiary/aromatic N) is 1. The smallest absolute Gasteiger partial charge is 0.413 e. The van der Waals surface area contributed by atoms with Crippen molar-refractivity contribution < 1.29 is 18.7 Å². The molecule has 1 aliphatic carbocycles. The van der Waals surface area contributed by atoms with Crippen molar-refractivity contribution in [2.45, 2.75) is 25.8 Å². The molecule has 3 aromatic carbocycles. The maximum absolute atomic E-state index is 13.8. The predicted octanol–water partition coefficient (Wildman–Crippen LogP) is 5.69. The lowest BCUT2D eigenvalue weighted by atomic mass is 10.0. The van der Waals surface area contributed by atoms with Crippen LogP contribution in [0.1, 0.15) is 30.1 Å². The Bertz CT molecular complexity index is 1480. The number of ether oxygens (including phenoxy) is 2. The van der Waals surface area contributed by atoms with Gasteiger partial charge < -0.3 is 14.8 Å². The molecule has 0 spiro atoms. The summed E-state index contributed by atoms with van der Waals surface area (Å²) in [5, 5.41) is 3.86. The van der Waals surface area contributed by atoms with Crippen molar-refractivity contribution in [1.29, 1.82) is 0 Å². The van der Waals surface area contributed by atoms with E-state index in [1.165, 1.54) is 23.8 Å². The molecule has 1 saturated carbocycles. The molecule has 0 unspecified atom stereocenters. The summed E-state index contributed by atoms with van der Waals surface area (Å²) in [7, 11) is 1.54. The predicted molar refractivity (Wildman–Crippen MR) is 132 cm³/mol. The van der Waals surface area contributed by atoms with Gasteiger partial charge in [-0.1, -0.05) is 42.5 Å². The lowest BCUT2D eigenvalue weighted by Gasteiger charge is -2.21. The van der Waals surface area contributed by atoms with E-state index in [2.05, 4.69) is 5.32 Å². The van der Waals surface area contributed by atoms with Crippen molar-refractivity contribution in [3.63, 3.8) is 0 Å². The van der Waals surface area contributed by atoms with Crippen molar-refractivity contribution in [2.75, 3.05) is 7.11 Å². The SMILES string of the molecule is COc1ccccc1-n1c(C)c(OC(=O)N[C@H](c2cccc(F)c2)C2CC2)c2ccccc2c1=O. The fourth-order valence-electron chi connectivity index (χ4n) is 4.52. The molecule has 5 rings (SSSR count). The zero-order valence-electron chi connectivity index (χ0n) is 19.5. The average molecular weight is 473 g/mol. The van der Waals surface area contributed by atoms with Crippen LogP contribution < -0.4 is 20.3 Å². The van der Waals surface area contributed by atoms with Gasteiger partial charge in [0.25, 0.3) is 5.56 Å². The largest absolute Gasteiger partial charge is 0.495 e. The van der Waals surface area contributed by atoms with Gasteiger partial charge in [-0.05, 0) is 61.6 Å². The van der Waals surface area contributed by atoms with Crippen LogP contribution in [0.15, 0.2) is 77.6 Å². The monoisotopic (exact) mass is 472 g/mol. The Labute approximate surface area is 201 Å². The average Bonchev–Trinajstić information content (AvgIpc) is 3.71. The zero-order valence-corrected chi connectivity index (χ0v) is 19.5. The lowest BCUT2D eigenvalue weighted by molar-refractivity contribution is 0.194. The third-order valence-electron chi connectivity index (χ3n) is 6.36. The second kappa shape index (κ2) is 9.25. The first-order valence-corrected chi connectivity index (χ1v) is 11.5. The van der Waals surface area contributed by atoms with Crippen LogP contribution in [0.5, 0.6) is 11.5 Å². The normalized spacial score (nSPS) is 13.9. The van der Waals surface area contributed by atoms with Gasteiger partial charge in [-0.2, -0.15) is 0 Å². The number of methoxy groups -OCH3 is 1. The van der Waals surface area contributed by atoms with Crippen LogP contribution in [-0.4, -0.2) is 17.8 Å². The second-order valence-corrected chi connectivity index (χ2v) is 8.68. The molecule has 6 nitrogen and oxygen atoms in total. The van der Waals surface area contributed by atoms with Gasteiger partial charge >= 0.3 is 6.09 Å². The second-order valence-electron chi connectivity index (χ2n) is 8.68. The van der Waals surface area contributed by atoms with Gasteiger partial charge in [-0.3, -0.25) is 9.36 Å². The van der Waals surface area contributed by atoms with E-state index < -0.39 is 6.09 Å². The van der Waals surface area contributed by atoms with Gasteiger partial charge in [0.15, 0.2) is 5.75 Å². The molecule has 1 N–H and O–H groups in total. The summed E-state index contributed by atoms with van der Waals surface area (Å²) >= 11 is 0. The molecule has 0 radical (unpaired) electrons. The Morgan fingerprint density at radius 3 is 2.46 bits per heavy atom. The number of hydrogen-bond acceptors (Lipinski definition) is 4. The van der Waals surface area contributed by atoms with Crippen molar-refractivity contribution >= 4 is 16.9 Å². The molecular formula is C28H25FN2O4. The molecule has 4 aromatic rings. The Morgan fingerprint density at radius 2 is 1.74 bits per heavy atom. The fourth-order valence-corrected chi connectivity index (χ4v) is 4.52. The van der Waals surface area contributed by atoms with Crippen molar-refractivity contribution in [2.24, 2.45) is 5.92 Å². The standard InChI is InChI=1S/C28H25FN2O4/c1-17-26(35-28(33)30-25(18-14-15-18)19-8-7-9-20(29)16-19)21-10-3-4-11-22(21)27(32)31(17)23-12-5-6-13-24(23)34-2/h3-13,16,18,25H,14-15H2,1-2H3,(H,30,33)/t25-/m0/s1. The third-order valence-corrected chi connectivity index (χ3v) is 6.36. The van der Waals surface area contributed by atoms with Crippen LogP contribution >= 0.6 is 0 Å². The number of pyridine rings is 1. The van der Waals surface area contributed by atoms with E-state index in [-0.39, 0.29) is 29.1 Å². The molecule has 7 heteroatoms. The molecule has 0 saturated heterocycles. The van der Waals surface area contributed by atoms with Crippen LogP contribution in [0.4, 0.5) is 9.18 Å². The quantitative estimate of drug-likeness (QED) is 0.392. The van der Waals surface area contributed by atoms with Crippen molar-refractivity contribution in [1.82, 2.24) is 9.88 Å². The van der Waals surface area contributed by atoms with E-state index >= 15 is 0 Å². The summed E-state index contributed by atoms with van der Waals surface area (Å²) < 4.78 is 26.7. The van der Waals surface area contributed by atoms with Gasteiger partial charge in [0.05, 0.1) is 29.9 Å². The molecular weight excluding hydrogens is 447 g/mol. The highest BCUT2D eigenvalue weighted by Gasteiger charge is 2.34. The first-order chi connectivity index (χ1) is 17.0. The maximum atomic E-state index is 13.8. The zero-order chi connectivity index (χ0) is 24.5. The van der Waals surface area contributed by atoms with E-state index in [0.717, 1.165) is 12.8 Å². The van der Waals surface area contributed by atoms with Crippen molar-refractivity contribution in [3.05, 3.63) is 100 Å². The van der Waals surface area contributed by atoms with Gasteiger partial charge in [0.1, 0.15) is 11.6 Å². The molecule has 1 amide bonds. The van der Waals surface area contributed by atoms with Crippen LogP contribution in [0.2, 0.25) is 0 Å². The van der Waals surface area contributed by atoms with Crippen LogP contribution in [0.25, 0.3) is 16.5 Å². The van der Waals surface area contributed by atoms with Crippen LogP contribution in [-0.2, 0) is 0 Å². The van der Waals surface area contributed by atoms with Gasteiger partial charge in [-0.25, -0.2) is 9.18 Å². The Hall–Kier alpha value is -4.13. The summed E-state index contributed by atoms with van der Waals surface area (Å²) in [5.74, 6) is 0.666. The minimum atomic E-state index is -0.662. The topological polar surface area (TPSA) is 69.6 Å². The van der Waals surface area contributed by atoms with Gasteiger partial charge in [0.2, 0.25) is 0 Å². The summed E-state index contributed by atoms with van der Waals surface area (Å²) in [4.78, 5) is 26.6. The number of amides is 1.